The fourth-order valence-electron chi connectivity index (χ4n) is 3.43. The molecule has 3 rings (SSSR count). The molecule has 0 spiro atoms. The van der Waals surface area contributed by atoms with Crippen molar-refractivity contribution in [1.82, 2.24) is 15.6 Å². The Labute approximate surface area is 135 Å². The van der Waals surface area contributed by atoms with E-state index >= 15 is 0 Å². The molecule has 1 fully saturated rings. The summed E-state index contributed by atoms with van der Waals surface area (Å²) in [6.45, 7) is 5.67. The van der Waals surface area contributed by atoms with Crippen molar-refractivity contribution in [2.45, 2.75) is 45.6 Å². The molecule has 0 aromatic carbocycles. The number of rotatable bonds is 2. The third-order valence-corrected chi connectivity index (χ3v) is 4.59. The Balaban J connectivity index is 1.86. The second kappa shape index (κ2) is 5.92. The minimum absolute atomic E-state index is 0.0131. The zero-order valence-corrected chi connectivity index (χ0v) is 13.6. The lowest BCUT2D eigenvalue weighted by Crippen LogP contribution is -2.46. The summed E-state index contributed by atoms with van der Waals surface area (Å²) in [5.74, 6) is -0.415. The van der Waals surface area contributed by atoms with Crippen LogP contribution in [-0.2, 0) is 6.42 Å². The van der Waals surface area contributed by atoms with Crippen molar-refractivity contribution < 1.29 is 9.59 Å². The van der Waals surface area contributed by atoms with E-state index in [4.69, 9.17) is 0 Å². The van der Waals surface area contributed by atoms with Gasteiger partial charge in [0.2, 0.25) is 0 Å². The summed E-state index contributed by atoms with van der Waals surface area (Å²) in [5.41, 5.74) is 0.575. The zero-order valence-electron chi connectivity index (χ0n) is 13.6. The minimum Gasteiger partial charge on any atom is -0.348 e. The number of ketones is 1. The van der Waals surface area contributed by atoms with Gasteiger partial charge in [-0.15, -0.1) is 0 Å². The average Bonchev–Trinajstić information content (AvgIpc) is 2.46. The number of fused-ring (bicyclic) bond motifs is 1. The Kier molecular flexibility index (Phi) is 4.10. The number of aromatic amines is 1. The Morgan fingerprint density at radius 1 is 1.30 bits per heavy atom. The molecule has 1 atom stereocenters. The zero-order chi connectivity index (χ0) is 16.6. The third-order valence-electron chi connectivity index (χ3n) is 4.59. The van der Waals surface area contributed by atoms with Crippen LogP contribution in [-0.4, -0.2) is 35.8 Å². The number of pyridine rings is 1. The largest absolute Gasteiger partial charge is 0.348 e. The minimum atomic E-state index is -0.421. The maximum Gasteiger partial charge on any atom is 0.261 e. The van der Waals surface area contributed by atoms with Crippen molar-refractivity contribution >= 4 is 11.7 Å². The van der Waals surface area contributed by atoms with Crippen molar-refractivity contribution in [1.29, 1.82) is 0 Å². The highest BCUT2D eigenvalue weighted by Crippen LogP contribution is 2.33. The van der Waals surface area contributed by atoms with Crippen LogP contribution in [0.2, 0.25) is 0 Å². The predicted molar refractivity (Wildman–Crippen MR) is 86.9 cm³/mol. The number of carbonyl (C=O) groups is 2. The molecular weight excluding hydrogens is 294 g/mol. The maximum atomic E-state index is 12.4. The summed E-state index contributed by atoms with van der Waals surface area (Å²) in [7, 11) is 0. The number of piperidine rings is 1. The van der Waals surface area contributed by atoms with Gasteiger partial charge < -0.3 is 15.6 Å². The number of H-pyrrole nitrogens is 1. The molecule has 6 nitrogen and oxygen atoms in total. The van der Waals surface area contributed by atoms with E-state index in [2.05, 4.69) is 15.6 Å². The first kappa shape index (κ1) is 15.9. The van der Waals surface area contributed by atoms with Crippen molar-refractivity contribution in [3.8, 4) is 0 Å². The van der Waals surface area contributed by atoms with E-state index < -0.39 is 11.5 Å². The van der Waals surface area contributed by atoms with Gasteiger partial charge in [-0.1, -0.05) is 13.8 Å². The molecule has 3 N–H and O–H groups in total. The van der Waals surface area contributed by atoms with E-state index in [1.807, 2.05) is 13.8 Å². The first-order valence-electron chi connectivity index (χ1n) is 8.17. The number of Topliss-reactive ketones (excluding diaryl/α,β-unsaturated/α-hetero) is 1. The second-order valence-electron chi connectivity index (χ2n) is 7.36. The molecule has 6 heteroatoms. The Bertz CT molecular complexity index is 700. The molecule has 0 radical (unpaired) electrons. The summed E-state index contributed by atoms with van der Waals surface area (Å²) >= 11 is 0. The standard InChI is InChI=1S/C17H23N3O3/c1-17(2)7-13-11(14(21)8-17)6-12(16(23)20-13)15(22)19-10-4-3-5-18-9-10/h6,10,18H,3-5,7-9H2,1-2H3,(H,19,22)(H,20,23). The van der Waals surface area contributed by atoms with Gasteiger partial charge in [0.25, 0.3) is 11.5 Å². The Morgan fingerprint density at radius 2 is 2.09 bits per heavy atom. The number of carbonyl (C=O) groups excluding carboxylic acids is 2. The fraction of sp³-hybridized carbons (Fsp3) is 0.588. The Hall–Kier alpha value is -1.95. The third kappa shape index (κ3) is 3.37. The van der Waals surface area contributed by atoms with Crippen LogP contribution in [0, 0.1) is 5.41 Å². The van der Waals surface area contributed by atoms with Crippen LogP contribution in [0.4, 0.5) is 0 Å². The quantitative estimate of drug-likeness (QED) is 0.759. The molecule has 23 heavy (non-hydrogen) atoms. The Morgan fingerprint density at radius 3 is 2.78 bits per heavy atom. The highest BCUT2D eigenvalue weighted by Gasteiger charge is 2.32. The van der Waals surface area contributed by atoms with E-state index in [-0.39, 0.29) is 22.8 Å². The van der Waals surface area contributed by atoms with Crippen LogP contribution in [0.1, 0.15) is 59.5 Å². The number of hydrogen-bond acceptors (Lipinski definition) is 4. The van der Waals surface area contributed by atoms with Crippen molar-refractivity contribution in [2.75, 3.05) is 13.1 Å². The van der Waals surface area contributed by atoms with E-state index in [9.17, 15) is 14.4 Å². The molecule has 1 unspecified atom stereocenters. The van der Waals surface area contributed by atoms with E-state index in [1.165, 1.54) is 6.07 Å². The lowest BCUT2D eigenvalue weighted by molar-refractivity contribution is 0.0910. The summed E-state index contributed by atoms with van der Waals surface area (Å²) < 4.78 is 0. The molecule has 0 bridgehead atoms. The number of hydrogen-bond donors (Lipinski definition) is 3. The van der Waals surface area contributed by atoms with Crippen LogP contribution >= 0.6 is 0 Å². The van der Waals surface area contributed by atoms with Crippen molar-refractivity contribution in [2.24, 2.45) is 5.41 Å². The highest BCUT2D eigenvalue weighted by atomic mass is 16.2. The van der Waals surface area contributed by atoms with Crippen LogP contribution < -0.4 is 16.2 Å². The van der Waals surface area contributed by atoms with Crippen LogP contribution in [0.15, 0.2) is 10.9 Å². The highest BCUT2D eigenvalue weighted by molar-refractivity contribution is 6.02. The number of nitrogens with one attached hydrogen (secondary N) is 3. The molecule has 1 aromatic heterocycles. The molecule has 0 saturated carbocycles. The molecule has 1 amide bonds. The SMILES string of the molecule is CC1(C)CC(=O)c2cc(C(=O)NC3CCCNC3)c(=O)[nH]c2C1. The van der Waals surface area contributed by atoms with Gasteiger partial charge in [0, 0.05) is 30.3 Å². The summed E-state index contributed by atoms with van der Waals surface area (Å²) in [5, 5.41) is 6.10. The van der Waals surface area contributed by atoms with Gasteiger partial charge in [-0.3, -0.25) is 14.4 Å². The van der Waals surface area contributed by atoms with Crippen LogP contribution in [0.25, 0.3) is 0 Å². The van der Waals surface area contributed by atoms with Crippen molar-refractivity contribution in [3.05, 3.63) is 33.2 Å². The molecular formula is C17H23N3O3. The normalized spacial score (nSPS) is 23.2. The average molecular weight is 317 g/mol. The number of amides is 1. The molecule has 2 aliphatic rings. The van der Waals surface area contributed by atoms with Gasteiger partial charge in [-0.25, -0.2) is 0 Å². The lowest BCUT2D eigenvalue weighted by atomic mass is 9.75. The van der Waals surface area contributed by atoms with E-state index in [0.717, 1.165) is 19.4 Å². The number of aromatic nitrogens is 1. The van der Waals surface area contributed by atoms with E-state index in [1.54, 1.807) is 0 Å². The van der Waals surface area contributed by atoms with Gasteiger partial charge in [0.1, 0.15) is 5.56 Å². The van der Waals surface area contributed by atoms with Crippen LogP contribution in [0.5, 0.6) is 0 Å². The second-order valence-corrected chi connectivity index (χ2v) is 7.36. The summed E-state index contributed by atoms with van der Waals surface area (Å²) in [6.07, 6.45) is 2.96. The van der Waals surface area contributed by atoms with Crippen molar-refractivity contribution in [3.63, 3.8) is 0 Å². The molecule has 2 heterocycles. The van der Waals surface area contributed by atoms with Gasteiger partial charge in [0.05, 0.1) is 0 Å². The predicted octanol–water partition coefficient (Wildman–Crippen LogP) is 1.01. The molecule has 1 aromatic rings. The van der Waals surface area contributed by atoms with Gasteiger partial charge >= 0.3 is 0 Å². The van der Waals surface area contributed by atoms with Gasteiger partial charge in [0.15, 0.2) is 5.78 Å². The van der Waals surface area contributed by atoms with Gasteiger partial charge in [-0.05, 0) is 37.3 Å². The summed E-state index contributed by atoms with van der Waals surface area (Å²) in [4.78, 5) is 39.7. The first-order chi connectivity index (χ1) is 10.9. The lowest BCUT2D eigenvalue weighted by Gasteiger charge is -2.30. The molecule has 124 valence electrons. The smallest absolute Gasteiger partial charge is 0.261 e. The first-order valence-corrected chi connectivity index (χ1v) is 8.17. The molecule has 1 aliphatic carbocycles. The molecule has 1 saturated heterocycles. The van der Waals surface area contributed by atoms with E-state index in [0.29, 0.717) is 30.6 Å². The molecule has 1 aliphatic heterocycles. The van der Waals surface area contributed by atoms with Gasteiger partial charge in [-0.2, -0.15) is 0 Å². The maximum absolute atomic E-state index is 12.4. The topological polar surface area (TPSA) is 91.1 Å². The van der Waals surface area contributed by atoms with Crippen LogP contribution in [0.3, 0.4) is 0 Å². The summed E-state index contributed by atoms with van der Waals surface area (Å²) in [6, 6.07) is 1.50. The fourth-order valence-corrected chi connectivity index (χ4v) is 3.43. The monoisotopic (exact) mass is 317 g/mol.